The first-order chi connectivity index (χ1) is 14.0. The molecule has 152 valence electrons. The molecule has 1 aliphatic heterocycles. The first-order valence-corrected chi connectivity index (χ1v) is 9.97. The Morgan fingerprint density at radius 2 is 1.72 bits per heavy atom. The minimum atomic E-state index is -0.615. The highest BCUT2D eigenvalue weighted by Gasteiger charge is 2.25. The Kier molecular flexibility index (Phi) is 6.65. The van der Waals surface area contributed by atoms with Gasteiger partial charge in [0.25, 0.3) is 5.91 Å². The number of ether oxygens (including phenoxy) is 1. The first-order valence-electron chi connectivity index (χ1n) is 9.97. The second-order valence-electron chi connectivity index (χ2n) is 7.07. The van der Waals surface area contributed by atoms with Gasteiger partial charge < -0.3 is 15.0 Å². The van der Waals surface area contributed by atoms with E-state index in [9.17, 15) is 14.4 Å². The molecule has 0 unspecified atom stereocenters. The predicted octanol–water partition coefficient (Wildman–Crippen LogP) is 3.52. The van der Waals surface area contributed by atoms with Crippen LogP contribution in [0.3, 0.4) is 0 Å². The lowest BCUT2D eigenvalue weighted by atomic mass is 9.99. The monoisotopic (exact) mass is 394 g/mol. The third kappa shape index (κ3) is 4.83. The van der Waals surface area contributed by atoms with E-state index in [4.69, 9.17) is 4.74 Å². The van der Waals surface area contributed by atoms with Crippen LogP contribution in [-0.2, 0) is 9.53 Å². The summed E-state index contributed by atoms with van der Waals surface area (Å²) in [6.45, 7) is 5.11. The Balaban J connectivity index is 1.93. The van der Waals surface area contributed by atoms with Gasteiger partial charge in [-0.25, -0.2) is 4.79 Å². The SMILES string of the molecule is CCOC(=O)[C@@H](C)Nc1ccc(C(=O)c2ccccc2)cc1C(=O)N1CCCC1. The molecule has 0 aromatic heterocycles. The average Bonchev–Trinajstić information content (AvgIpc) is 3.28. The highest BCUT2D eigenvalue weighted by molar-refractivity contribution is 6.11. The van der Waals surface area contributed by atoms with Gasteiger partial charge in [0.2, 0.25) is 0 Å². The van der Waals surface area contributed by atoms with E-state index in [1.54, 1.807) is 61.2 Å². The summed E-state index contributed by atoms with van der Waals surface area (Å²) in [5.74, 6) is -0.675. The number of ketones is 1. The Hall–Kier alpha value is -3.15. The van der Waals surface area contributed by atoms with Gasteiger partial charge in [0.15, 0.2) is 5.78 Å². The Morgan fingerprint density at radius 3 is 2.38 bits per heavy atom. The van der Waals surface area contributed by atoms with Crippen molar-refractivity contribution in [1.82, 2.24) is 4.90 Å². The molecule has 6 heteroatoms. The topological polar surface area (TPSA) is 75.7 Å². The minimum absolute atomic E-state index is 0.135. The zero-order valence-electron chi connectivity index (χ0n) is 16.8. The summed E-state index contributed by atoms with van der Waals surface area (Å²) in [6.07, 6.45) is 1.94. The van der Waals surface area contributed by atoms with Gasteiger partial charge in [-0.1, -0.05) is 30.3 Å². The van der Waals surface area contributed by atoms with Crippen LogP contribution < -0.4 is 5.32 Å². The number of carbonyl (C=O) groups is 3. The molecule has 2 aromatic carbocycles. The van der Waals surface area contributed by atoms with Crippen LogP contribution in [0.1, 0.15) is 53.0 Å². The van der Waals surface area contributed by atoms with E-state index in [0.29, 0.717) is 35.5 Å². The lowest BCUT2D eigenvalue weighted by molar-refractivity contribution is -0.143. The van der Waals surface area contributed by atoms with Crippen molar-refractivity contribution in [2.75, 3.05) is 25.0 Å². The van der Waals surface area contributed by atoms with Crippen LogP contribution in [0.2, 0.25) is 0 Å². The summed E-state index contributed by atoms with van der Waals surface area (Å²) < 4.78 is 5.04. The van der Waals surface area contributed by atoms with E-state index in [0.717, 1.165) is 12.8 Å². The first kappa shape index (κ1) is 20.6. The molecule has 1 N–H and O–H groups in total. The summed E-state index contributed by atoms with van der Waals surface area (Å²) >= 11 is 0. The number of nitrogens with zero attached hydrogens (tertiary/aromatic N) is 1. The molecule has 1 atom stereocenters. The van der Waals surface area contributed by atoms with Crippen LogP contribution >= 0.6 is 0 Å². The van der Waals surface area contributed by atoms with Crippen molar-refractivity contribution in [2.45, 2.75) is 32.7 Å². The number of hydrogen-bond donors (Lipinski definition) is 1. The molecule has 2 aromatic rings. The zero-order chi connectivity index (χ0) is 20.8. The molecule has 1 heterocycles. The van der Waals surface area contributed by atoms with Crippen molar-refractivity contribution in [3.8, 4) is 0 Å². The highest BCUT2D eigenvalue weighted by atomic mass is 16.5. The van der Waals surface area contributed by atoms with Crippen LogP contribution in [0, 0.1) is 0 Å². The molecular weight excluding hydrogens is 368 g/mol. The lowest BCUT2D eigenvalue weighted by Gasteiger charge is -2.21. The molecule has 1 saturated heterocycles. The van der Waals surface area contributed by atoms with E-state index < -0.39 is 12.0 Å². The molecule has 3 rings (SSSR count). The van der Waals surface area contributed by atoms with Crippen molar-refractivity contribution in [3.05, 3.63) is 65.2 Å². The Morgan fingerprint density at radius 1 is 1.03 bits per heavy atom. The van der Waals surface area contributed by atoms with Gasteiger partial charge in [-0.15, -0.1) is 0 Å². The molecule has 0 aliphatic carbocycles. The number of likely N-dealkylation sites (tertiary alicyclic amines) is 1. The van der Waals surface area contributed by atoms with Crippen LogP contribution in [-0.4, -0.2) is 48.3 Å². The molecule has 6 nitrogen and oxygen atoms in total. The molecule has 0 spiro atoms. The van der Waals surface area contributed by atoms with E-state index in [1.807, 2.05) is 6.07 Å². The lowest BCUT2D eigenvalue weighted by Crippen LogP contribution is -2.32. The number of esters is 1. The predicted molar refractivity (Wildman–Crippen MR) is 111 cm³/mol. The van der Waals surface area contributed by atoms with Gasteiger partial charge in [0.05, 0.1) is 12.2 Å². The maximum Gasteiger partial charge on any atom is 0.328 e. The van der Waals surface area contributed by atoms with Crippen LogP contribution in [0.4, 0.5) is 5.69 Å². The average molecular weight is 394 g/mol. The number of benzene rings is 2. The molecule has 0 radical (unpaired) electrons. The number of hydrogen-bond acceptors (Lipinski definition) is 5. The van der Waals surface area contributed by atoms with Gasteiger partial charge in [0.1, 0.15) is 6.04 Å². The van der Waals surface area contributed by atoms with Gasteiger partial charge in [-0.05, 0) is 44.9 Å². The fourth-order valence-corrected chi connectivity index (χ4v) is 3.39. The summed E-state index contributed by atoms with van der Waals surface area (Å²) in [5, 5.41) is 3.07. The number of carbonyl (C=O) groups excluding carboxylic acids is 3. The third-order valence-corrected chi connectivity index (χ3v) is 4.95. The normalized spacial score (nSPS) is 14.3. The maximum atomic E-state index is 13.1. The summed E-state index contributed by atoms with van der Waals surface area (Å²) in [7, 11) is 0. The fraction of sp³-hybridized carbons (Fsp3) is 0.348. The Labute approximate surface area is 170 Å². The van der Waals surface area contributed by atoms with Crippen molar-refractivity contribution in [1.29, 1.82) is 0 Å². The number of amides is 1. The standard InChI is InChI=1S/C23H26N2O4/c1-3-29-23(28)16(2)24-20-12-11-18(21(26)17-9-5-4-6-10-17)15-19(20)22(27)25-13-7-8-14-25/h4-6,9-12,15-16,24H,3,7-8,13-14H2,1-2H3/t16-/m1/s1. The second kappa shape index (κ2) is 9.37. The quantitative estimate of drug-likeness (QED) is 0.574. The number of rotatable bonds is 7. The molecule has 29 heavy (non-hydrogen) atoms. The van der Waals surface area contributed by atoms with Gasteiger partial charge in [0, 0.05) is 29.9 Å². The molecular formula is C23H26N2O4. The molecule has 1 aliphatic rings. The van der Waals surface area contributed by atoms with Crippen LogP contribution in [0.25, 0.3) is 0 Å². The smallest absolute Gasteiger partial charge is 0.328 e. The summed E-state index contributed by atoms with van der Waals surface area (Å²) in [4.78, 5) is 39.8. The molecule has 0 saturated carbocycles. The zero-order valence-corrected chi connectivity index (χ0v) is 16.8. The summed E-state index contributed by atoms with van der Waals surface area (Å²) in [6, 6.07) is 13.3. The van der Waals surface area contributed by atoms with E-state index >= 15 is 0 Å². The van der Waals surface area contributed by atoms with Crippen molar-refractivity contribution in [3.63, 3.8) is 0 Å². The Bertz CT molecular complexity index is 889. The molecule has 0 bridgehead atoms. The number of anilines is 1. The van der Waals surface area contributed by atoms with Crippen LogP contribution in [0.5, 0.6) is 0 Å². The van der Waals surface area contributed by atoms with E-state index in [2.05, 4.69) is 5.32 Å². The van der Waals surface area contributed by atoms with Gasteiger partial charge >= 0.3 is 5.97 Å². The van der Waals surface area contributed by atoms with Crippen molar-refractivity contribution in [2.24, 2.45) is 0 Å². The highest BCUT2D eigenvalue weighted by Crippen LogP contribution is 2.24. The minimum Gasteiger partial charge on any atom is -0.464 e. The van der Waals surface area contributed by atoms with E-state index in [1.165, 1.54) is 0 Å². The van der Waals surface area contributed by atoms with E-state index in [-0.39, 0.29) is 18.3 Å². The largest absolute Gasteiger partial charge is 0.464 e. The molecule has 1 amide bonds. The van der Waals surface area contributed by atoms with Gasteiger partial charge in [-0.3, -0.25) is 9.59 Å². The maximum absolute atomic E-state index is 13.1. The molecule has 1 fully saturated rings. The van der Waals surface area contributed by atoms with Crippen molar-refractivity contribution < 1.29 is 19.1 Å². The second-order valence-corrected chi connectivity index (χ2v) is 7.07. The third-order valence-electron chi connectivity index (χ3n) is 4.95. The summed E-state index contributed by atoms with van der Waals surface area (Å²) in [5.41, 5.74) is 1.91. The number of nitrogens with one attached hydrogen (secondary N) is 1. The van der Waals surface area contributed by atoms with Crippen LogP contribution in [0.15, 0.2) is 48.5 Å². The van der Waals surface area contributed by atoms with Gasteiger partial charge in [-0.2, -0.15) is 0 Å². The van der Waals surface area contributed by atoms with Crippen molar-refractivity contribution >= 4 is 23.3 Å². The fourth-order valence-electron chi connectivity index (χ4n) is 3.39.